The van der Waals surface area contributed by atoms with Crippen LogP contribution in [0, 0.1) is 6.92 Å². The van der Waals surface area contributed by atoms with Gasteiger partial charge in [-0.3, -0.25) is 4.99 Å². The van der Waals surface area contributed by atoms with Crippen LogP contribution in [0.3, 0.4) is 0 Å². The number of guanidine groups is 1. The third kappa shape index (κ3) is 4.44. The minimum Gasteiger partial charge on any atom is -0.496 e. The molecule has 7 nitrogen and oxygen atoms in total. The molecule has 0 atom stereocenters. The standard InChI is InChI=1S/C15H21BrN6O/c1-10-20-21-14(22(10)3)9-19-15(17-2)18-8-11-7-12(16)5-6-13(11)23-4/h5-7H,8-9H2,1-4H3,(H2,17,18,19). The first kappa shape index (κ1) is 17.3. The second kappa shape index (κ2) is 7.96. The van der Waals surface area contributed by atoms with Crippen LogP contribution in [0.25, 0.3) is 0 Å². The molecular weight excluding hydrogens is 360 g/mol. The van der Waals surface area contributed by atoms with Gasteiger partial charge in [-0.2, -0.15) is 0 Å². The highest BCUT2D eigenvalue weighted by atomic mass is 79.9. The van der Waals surface area contributed by atoms with Crippen LogP contribution in [0.5, 0.6) is 5.75 Å². The average Bonchev–Trinajstić information content (AvgIpc) is 2.87. The molecule has 0 amide bonds. The van der Waals surface area contributed by atoms with Gasteiger partial charge in [0.25, 0.3) is 0 Å². The first-order valence-electron chi connectivity index (χ1n) is 7.17. The van der Waals surface area contributed by atoms with E-state index in [4.69, 9.17) is 4.74 Å². The van der Waals surface area contributed by atoms with Gasteiger partial charge in [-0.1, -0.05) is 15.9 Å². The van der Waals surface area contributed by atoms with Crippen molar-refractivity contribution in [2.45, 2.75) is 20.0 Å². The number of halogens is 1. The lowest BCUT2D eigenvalue weighted by Crippen LogP contribution is -2.37. The Hall–Kier alpha value is -2.09. The molecule has 0 fully saturated rings. The van der Waals surface area contributed by atoms with E-state index in [2.05, 4.69) is 41.8 Å². The van der Waals surface area contributed by atoms with Crippen molar-refractivity contribution < 1.29 is 4.74 Å². The Balaban J connectivity index is 1.95. The summed E-state index contributed by atoms with van der Waals surface area (Å²) in [5.74, 6) is 3.25. The van der Waals surface area contributed by atoms with Gasteiger partial charge in [0, 0.05) is 30.7 Å². The fourth-order valence-corrected chi connectivity index (χ4v) is 2.46. The highest BCUT2D eigenvalue weighted by Gasteiger charge is 2.08. The van der Waals surface area contributed by atoms with E-state index in [9.17, 15) is 0 Å². The molecule has 1 aromatic carbocycles. The van der Waals surface area contributed by atoms with Gasteiger partial charge in [0.2, 0.25) is 0 Å². The van der Waals surface area contributed by atoms with Crippen molar-refractivity contribution in [1.82, 2.24) is 25.4 Å². The molecule has 124 valence electrons. The SMILES string of the molecule is CN=C(NCc1cc(Br)ccc1OC)NCc1nnc(C)n1C. The number of aromatic nitrogens is 3. The van der Waals surface area contributed by atoms with E-state index in [0.29, 0.717) is 19.0 Å². The molecule has 0 radical (unpaired) electrons. The largest absolute Gasteiger partial charge is 0.496 e. The van der Waals surface area contributed by atoms with Gasteiger partial charge in [-0.25, -0.2) is 0 Å². The number of methoxy groups -OCH3 is 1. The fourth-order valence-electron chi connectivity index (χ4n) is 2.05. The van der Waals surface area contributed by atoms with Crippen LogP contribution in [0.4, 0.5) is 0 Å². The molecule has 1 heterocycles. The Morgan fingerprint density at radius 1 is 1.30 bits per heavy atom. The zero-order valence-corrected chi connectivity index (χ0v) is 15.3. The molecule has 0 bridgehead atoms. The van der Waals surface area contributed by atoms with E-state index in [0.717, 1.165) is 27.4 Å². The first-order valence-corrected chi connectivity index (χ1v) is 7.96. The van der Waals surface area contributed by atoms with Crippen molar-refractivity contribution >= 4 is 21.9 Å². The molecule has 0 aliphatic rings. The van der Waals surface area contributed by atoms with Crippen LogP contribution in [-0.4, -0.2) is 34.9 Å². The van der Waals surface area contributed by atoms with E-state index < -0.39 is 0 Å². The Bertz CT molecular complexity index is 697. The summed E-state index contributed by atoms with van der Waals surface area (Å²) < 4.78 is 8.32. The third-order valence-corrected chi connectivity index (χ3v) is 4.00. The van der Waals surface area contributed by atoms with Crippen molar-refractivity contribution in [2.75, 3.05) is 14.2 Å². The minimum atomic E-state index is 0.548. The molecule has 0 unspecified atom stereocenters. The number of ether oxygens (including phenoxy) is 1. The summed E-state index contributed by atoms with van der Waals surface area (Å²) in [5, 5.41) is 14.6. The lowest BCUT2D eigenvalue weighted by molar-refractivity contribution is 0.409. The average molecular weight is 381 g/mol. The van der Waals surface area contributed by atoms with Gasteiger partial charge in [-0.05, 0) is 25.1 Å². The van der Waals surface area contributed by atoms with Crippen LogP contribution in [0.15, 0.2) is 27.7 Å². The minimum absolute atomic E-state index is 0.548. The van der Waals surface area contributed by atoms with Gasteiger partial charge in [0.05, 0.1) is 13.7 Å². The quantitative estimate of drug-likeness (QED) is 0.610. The fraction of sp³-hybridized carbons (Fsp3) is 0.400. The van der Waals surface area contributed by atoms with Crippen molar-refractivity contribution in [3.05, 3.63) is 39.9 Å². The second-order valence-corrected chi connectivity index (χ2v) is 5.87. The predicted octanol–water partition coefficient (Wildman–Crippen LogP) is 1.76. The van der Waals surface area contributed by atoms with Gasteiger partial charge < -0.3 is 19.9 Å². The van der Waals surface area contributed by atoms with E-state index in [1.54, 1.807) is 14.2 Å². The van der Waals surface area contributed by atoms with Crippen molar-refractivity contribution in [2.24, 2.45) is 12.0 Å². The maximum Gasteiger partial charge on any atom is 0.191 e. The Labute approximate surface area is 144 Å². The summed E-state index contributed by atoms with van der Waals surface area (Å²) >= 11 is 3.47. The zero-order chi connectivity index (χ0) is 16.8. The van der Waals surface area contributed by atoms with Crippen LogP contribution in [0.1, 0.15) is 17.2 Å². The zero-order valence-electron chi connectivity index (χ0n) is 13.7. The van der Waals surface area contributed by atoms with Gasteiger partial charge >= 0.3 is 0 Å². The highest BCUT2D eigenvalue weighted by Crippen LogP contribution is 2.22. The molecule has 0 saturated heterocycles. The van der Waals surface area contributed by atoms with Gasteiger partial charge in [0.1, 0.15) is 11.6 Å². The van der Waals surface area contributed by atoms with Crippen LogP contribution in [0.2, 0.25) is 0 Å². The molecule has 2 aromatic rings. The second-order valence-electron chi connectivity index (χ2n) is 4.96. The number of aliphatic imine (C=N–C) groups is 1. The number of benzene rings is 1. The van der Waals surface area contributed by atoms with Gasteiger partial charge in [-0.15, -0.1) is 10.2 Å². The van der Waals surface area contributed by atoms with Crippen LogP contribution >= 0.6 is 15.9 Å². The lowest BCUT2D eigenvalue weighted by Gasteiger charge is -2.14. The van der Waals surface area contributed by atoms with E-state index >= 15 is 0 Å². The van der Waals surface area contributed by atoms with Crippen molar-refractivity contribution in [3.63, 3.8) is 0 Å². The first-order chi connectivity index (χ1) is 11.0. The number of aryl methyl sites for hydroxylation is 1. The van der Waals surface area contributed by atoms with E-state index in [-0.39, 0.29) is 0 Å². The van der Waals surface area contributed by atoms with Crippen LogP contribution in [-0.2, 0) is 20.1 Å². The molecule has 23 heavy (non-hydrogen) atoms. The summed E-state index contributed by atoms with van der Waals surface area (Å²) in [6, 6.07) is 5.90. The van der Waals surface area contributed by atoms with E-state index in [1.165, 1.54) is 0 Å². The molecule has 8 heteroatoms. The maximum atomic E-state index is 5.37. The summed E-state index contributed by atoms with van der Waals surface area (Å²) in [6.07, 6.45) is 0. The smallest absolute Gasteiger partial charge is 0.191 e. The molecule has 2 N–H and O–H groups in total. The normalized spacial score (nSPS) is 11.4. The lowest BCUT2D eigenvalue weighted by atomic mass is 10.2. The van der Waals surface area contributed by atoms with Crippen molar-refractivity contribution in [1.29, 1.82) is 0 Å². The molecule has 0 saturated carbocycles. The number of rotatable bonds is 5. The summed E-state index contributed by atoms with van der Waals surface area (Å²) in [7, 11) is 5.33. The topological polar surface area (TPSA) is 76.4 Å². The van der Waals surface area contributed by atoms with E-state index in [1.807, 2.05) is 36.7 Å². The summed E-state index contributed by atoms with van der Waals surface area (Å²) in [6.45, 7) is 3.07. The van der Waals surface area contributed by atoms with Crippen LogP contribution < -0.4 is 15.4 Å². The maximum absolute atomic E-state index is 5.37. The third-order valence-electron chi connectivity index (χ3n) is 3.51. The summed E-state index contributed by atoms with van der Waals surface area (Å²) in [4.78, 5) is 4.22. The Morgan fingerprint density at radius 3 is 2.65 bits per heavy atom. The molecule has 0 spiro atoms. The molecule has 1 aromatic heterocycles. The number of hydrogen-bond donors (Lipinski definition) is 2. The molecule has 0 aliphatic carbocycles. The predicted molar refractivity (Wildman–Crippen MR) is 93.5 cm³/mol. The Morgan fingerprint density at radius 2 is 2.04 bits per heavy atom. The number of hydrogen-bond acceptors (Lipinski definition) is 4. The Kier molecular flexibility index (Phi) is 5.97. The monoisotopic (exact) mass is 380 g/mol. The number of nitrogens with zero attached hydrogens (tertiary/aromatic N) is 4. The van der Waals surface area contributed by atoms with Gasteiger partial charge in [0.15, 0.2) is 11.8 Å². The summed E-state index contributed by atoms with van der Waals surface area (Å²) in [5.41, 5.74) is 1.04. The van der Waals surface area contributed by atoms with Crippen molar-refractivity contribution in [3.8, 4) is 5.75 Å². The number of nitrogens with one attached hydrogen (secondary N) is 2. The molecule has 0 aliphatic heterocycles. The molecule has 2 rings (SSSR count). The highest BCUT2D eigenvalue weighted by molar-refractivity contribution is 9.10. The molecular formula is C15H21BrN6O.